The molecule has 0 bridgehead atoms. The number of nitrogens with zero attached hydrogens (tertiary/aromatic N) is 2. The SMILES string of the molecule is Cn1c(SCC(=O)N[C@@H]2CCCc3ccccc32)nc2cc(S(N)(=O)=O)ccc21. The highest BCUT2D eigenvalue weighted by Crippen LogP contribution is 2.30. The number of nitrogens with two attached hydrogens (primary N) is 1. The number of carbonyl (C=O) groups is 1. The molecule has 0 spiro atoms. The van der Waals surface area contributed by atoms with Gasteiger partial charge in [0.05, 0.1) is 27.7 Å². The van der Waals surface area contributed by atoms with Crippen molar-refractivity contribution in [2.75, 3.05) is 5.75 Å². The lowest BCUT2D eigenvalue weighted by atomic mass is 9.88. The second-order valence-corrected chi connectivity index (χ2v) is 9.65. The molecule has 0 aliphatic heterocycles. The summed E-state index contributed by atoms with van der Waals surface area (Å²) in [7, 11) is -1.95. The number of benzene rings is 2. The van der Waals surface area contributed by atoms with Gasteiger partial charge in [0.15, 0.2) is 5.16 Å². The van der Waals surface area contributed by atoms with E-state index in [-0.39, 0.29) is 22.6 Å². The predicted octanol–water partition coefficient (Wildman–Crippen LogP) is 2.51. The average Bonchev–Trinajstić information content (AvgIpc) is 3.01. The van der Waals surface area contributed by atoms with Crippen molar-refractivity contribution in [2.45, 2.75) is 35.4 Å². The van der Waals surface area contributed by atoms with Crippen LogP contribution in [-0.2, 0) is 28.3 Å². The minimum Gasteiger partial charge on any atom is -0.349 e. The van der Waals surface area contributed by atoms with Gasteiger partial charge >= 0.3 is 0 Å². The van der Waals surface area contributed by atoms with Gasteiger partial charge in [0.2, 0.25) is 15.9 Å². The summed E-state index contributed by atoms with van der Waals surface area (Å²) in [6.45, 7) is 0. The number of amides is 1. The van der Waals surface area contributed by atoms with E-state index in [1.807, 2.05) is 23.7 Å². The number of imidazole rings is 1. The molecule has 4 rings (SSSR count). The van der Waals surface area contributed by atoms with E-state index in [4.69, 9.17) is 5.14 Å². The van der Waals surface area contributed by atoms with Crippen LogP contribution in [0.5, 0.6) is 0 Å². The van der Waals surface area contributed by atoms with Crippen LogP contribution in [0.1, 0.15) is 30.0 Å². The van der Waals surface area contributed by atoms with Crippen molar-refractivity contribution in [3.8, 4) is 0 Å². The Kier molecular flexibility index (Phi) is 5.37. The first-order valence-electron chi connectivity index (χ1n) is 9.32. The summed E-state index contributed by atoms with van der Waals surface area (Å²) in [6.07, 6.45) is 3.06. The van der Waals surface area contributed by atoms with Crippen LogP contribution >= 0.6 is 11.8 Å². The number of primary sulfonamides is 1. The monoisotopic (exact) mass is 430 g/mol. The van der Waals surface area contributed by atoms with Crippen molar-refractivity contribution >= 4 is 38.7 Å². The fourth-order valence-electron chi connectivity index (χ4n) is 3.73. The second kappa shape index (κ2) is 7.81. The molecule has 3 N–H and O–H groups in total. The Labute approximate surface area is 173 Å². The topological polar surface area (TPSA) is 107 Å². The maximum absolute atomic E-state index is 12.5. The van der Waals surface area contributed by atoms with Crippen LogP contribution in [0.4, 0.5) is 0 Å². The number of hydrogen-bond donors (Lipinski definition) is 2. The first-order valence-corrected chi connectivity index (χ1v) is 11.9. The number of fused-ring (bicyclic) bond motifs is 2. The maximum atomic E-state index is 12.5. The lowest BCUT2D eigenvalue weighted by Gasteiger charge is -2.26. The molecule has 0 saturated heterocycles. The largest absolute Gasteiger partial charge is 0.349 e. The zero-order valence-electron chi connectivity index (χ0n) is 16.0. The molecule has 1 aliphatic rings. The Morgan fingerprint density at radius 3 is 2.90 bits per heavy atom. The Morgan fingerprint density at radius 1 is 1.31 bits per heavy atom. The van der Waals surface area contributed by atoms with Gasteiger partial charge in [-0.2, -0.15) is 0 Å². The molecule has 152 valence electrons. The summed E-state index contributed by atoms with van der Waals surface area (Å²) in [5, 5.41) is 8.97. The van der Waals surface area contributed by atoms with Crippen molar-refractivity contribution in [3.63, 3.8) is 0 Å². The molecule has 7 nitrogen and oxygen atoms in total. The minimum absolute atomic E-state index is 0.0216. The summed E-state index contributed by atoms with van der Waals surface area (Å²) >= 11 is 1.32. The van der Waals surface area contributed by atoms with E-state index in [1.54, 1.807) is 6.07 Å². The first-order chi connectivity index (χ1) is 13.8. The van der Waals surface area contributed by atoms with Crippen LogP contribution in [0, 0.1) is 0 Å². The Morgan fingerprint density at radius 2 is 2.10 bits per heavy atom. The Balaban J connectivity index is 1.46. The number of aromatic nitrogens is 2. The van der Waals surface area contributed by atoms with Gasteiger partial charge in [-0.25, -0.2) is 18.5 Å². The standard InChI is InChI=1S/C20H22N4O3S2/c1-24-18-10-9-14(29(21,26)27)11-17(18)23-20(24)28-12-19(25)22-16-8-4-6-13-5-2-3-7-15(13)16/h2-3,5,7,9-11,16H,4,6,8,12H2,1H3,(H,22,25)(H2,21,26,27)/t16-/m1/s1. The molecular formula is C20H22N4O3S2. The van der Waals surface area contributed by atoms with Crippen LogP contribution in [0.2, 0.25) is 0 Å². The summed E-state index contributed by atoms with van der Waals surface area (Å²) in [5.41, 5.74) is 3.82. The van der Waals surface area contributed by atoms with Crippen LogP contribution in [0.3, 0.4) is 0 Å². The van der Waals surface area contributed by atoms with Crippen molar-refractivity contribution in [2.24, 2.45) is 12.2 Å². The van der Waals surface area contributed by atoms with Crippen LogP contribution in [0.25, 0.3) is 11.0 Å². The number of rotatable bonds is 5. The third-order valence-corrected chi connectivity index (χ3v) is 7.12. The average molecular weight is 431 g/mol. The molecule has 0 fully saturated rings. The molecule has 1 amide bonds. The highest BCUT2D eigenvalue weighted by atomic mass is 32.2. The lowest BCUT2D eigenvalue weighted by molar-refractivity contribution is -0.119. The van der Waals surface area contributed by atoms with E-state index in [1.165, 1.54) is 35.0 Å². The fraction of sp³-hybridized carbons (Fsp3) is 0.300. The Bertz CT molecular complexity index is 1190. The smallest absolute Gasteiger partial charge is 0.238 e. The highest BCUT2D eigenvalue weighted by molar-refractivity contribution is 7.99. The number of nitrogens with one attached hydrogen (secondary N) is 1. The van der Waals surface area contributed by atoms with Gasteiger partial charge in [-0.3, -0.25) is 4.79 Å². The normalized spacial score (nSPS) is 16.6. The summed E-state index contributed by atoms with van der Waals surface area (Å²) in [6, 6.07) is 12.9. The summed E-state index contributed by atoms with van der Waals surface area (Å²) in [5.74, 6) is 0.187. The summed E-state index contributed by atoms with van der Waals surface area (Å²) in [4.78, 5) is 17.0. The Hall–Kier alpha value is -2.36. The minimum atomic E-state index is -3.78. The molecule has 9 heteroatoms. The van der Waals surface area contributed by atoms with Crippen LogP contribution in [0.15, 0.2) is 52.5 Å². The lowest BCUT2D eigenvalue weighted by Crippen LogP contribution is -2.32. The van der Waals surface area contributed by atoms with Crippen LogP contribution in [-0.4, -0.2) is 29.6 Å². The van der Waals surface area contributed by atoms with Crippen molar-refractivity contribution < 1.29 is 13.2 Å². The molecule has 1 heterocycles. The molecule has 1 aliphatic carbocycles. The third-order valence-electron chi connectivity index (χ3n) is 5.18. The van der Waals surface area contributed by atoms with Gasteiger partial charge < -0.3 is 9.88 Å². The van der Waals surface area contributed by atoms with E-state index in [0.29, 0.717) is 10.7 Å². The molecule has 0 saturated carbocycles. The summed E-state index contributed by atoms with van der Waals surface area (Å²) < 4.78 is 24.9. The molecule has 2 aromatic carbocycles. The predicted molar refractivity (Wildman–Crippen MR) is 113 cm³/mol. The molecule has 29 heavy (non-hydrogen) atoms. The molecule has 0 unspecified atom stereocenters. The van der Waals surface area contributed by atoms with Gasteiger partial charge in [-0.15, -0.1) is 0 Å². The third kappa shape index (κ3) is 4.17. The van der Waals surface area contributed by atoms with Crippen molar-refractivity contribution in [1.29, 1.82) is 0 Å². The number of sulfonamides is 1. The fourth-order valence-corrected chi connectivity index (χ4v) is 5.07. The van der Waals surface area contributed by atoms with Crippen molar-refractivity contribution in [3.05, 3.63) is 53.6 Å². The zero-order valence-corrected chi connectivity index (χ0v) is 17.6. The molecule has 1 atom stereocenters. The quantitative estimate of drug-likeness (QED) is 0.605. The van der Waals surface area contributed by atoms with Gasteiger partial charge in [-0.1, -0.05) is 36.0 Å². The van der Waals surface area contributed by atoms with Gasteiger partial charge in [-0.05, 0) is 48.6 Å². The van der Waals surface area contributed by atoms with E-state index >= 15 is 0 Å². The highest BCUT2D eigenvalue weighted by Gasteiger charge is 2.22. The van der Waals surface area contributed by atoms with Gasteiger partial charge in [0.25, 0.3) is 0 Å². The zero-order chi connectivity index (χ0) is 20.6. The maximum Gasteiger partial charge on any atom is 0.238 e. The van der Waals surface area contributed by atoms with E-state index in [2.05, 4.69) is 22.4 Å². The van der Waals surface area contributed by atoms with E-state index < -0.39 is 10.0 Å². The number of thioether (sulfide) groups is 1. The number of aryl methyl sites for hydroxylation is 2. The molecular weight excluding hydrogens is 408 g/mol. The second-order valence-electron chi connectivity index (χ2n) is 7.15. The molecule has 1 aromatic heterocycles. The van der Waals surface area contributed by atoms with E-state index in [0.717, 1.165) is 24.8 Å². The molecule has 3 aromatic rings. The van der Waals surface area contributed by atoms with Gasteiger partial charge in [0.1, 0.15) is 0 Å². The van der Waals surface area contributed by atoms with Gasteiger partial charge in [0, 0.05) is 7.05 Å². The van der Waals surface area contributed by atoms with Crippen molar-refractivity contribution in [1.82, 2.24) is 14.9 Å². The molecule has 0 radical (unpaired) electrons. The number of hydrogen-bond acceptors (Lipinski definition) is 5. The van der Waals surface area contributed by atoms with E-state index in [9.17, 15) is 13.2 Å². The van der Waals surface area contributed by atoms with Crippen LogP contribution < -0.4 is 10.5 Å². The first kappa shape index (κ1) is 19.9. The number of carbonyl (C=O) groups excluding carboxylic acids is 1.